The maximum absolute atomic E-state index is 15.2. The van der Waals surface area contributed by atoms with Gasteiger partial charge in [0.1, 0.15) is 17.9 Å². The number of nitrogens with zero attached hydrogens (tertiary/aromatic N) is 5. The van der Waals surface area contributed by atoms with Gasteiger partial charge in [0.25, 0.3) is 11.5 Å². The van der Waals surface area contributed by atoms with E-state index >= 15 is 4.39 Å². The second-order valence-corrected chi connectivity index (χ2v) is 12.3. The lowest BCUT2D eigenvalue weighted by Gasteiger charge is -2.40. The number of carbonyl (C=O) groups excluding carboxylic acids is 3. The van der Waals surface area contributed by atoms with Gasteiger partial charge in [-0.1, -0.05) is 30.7 Å². The van der Waals surface area contributed by atoms with Crippen molar-refractivity contribution in [3.05, 3.63) is 69.9 Å². The summed E-state index contributed by atoms with van der Waals surface area (Å²) < 4.78 is 15.2. The molecule has 0 atom stereocenters. The molecule has 0 bridgehead atoms. The normalized spacial score (nSPS) is 19.9. The smallest absolute Gasteiger partial charge is 0.332 e. The largest absolute Gasteiger partial charge is 0.341 e. The SMILES string of the molecule is CC1(C)C(=O)N(c2cc(Cc3n[nH]c(=O)c4ccccc34)ccc2F)C(=O)N1CC(=O)N1CCC(N2CCCCC2)CC1. The van der Waals surface area contributed by atoms with Crippen molar-refractivity contribution in [2.45, 2.75) is 64.0 Å². The molecule has 0 saturated carbocycles. The van der Waals surface area contributed by atoms with Gasteiger partial charge in [0, 0.05) is 30.9 Å². The highest BCUT2D eigenvalue weighted by Crippen LogP contribution is 2.34. The molecule has 4 heterocycles. The number of hydrogen-bond acceptors (Lipinski definition) is 6. The van der Waals surface area contributed by atoms with Crippen molar-refractivity contribution in [1.82, 2.24) is 24.9 Å². The molecule has 3 aliphatic heterocycles. The van der Waals surface area contributed by atoms with Gasteiger partial charge in [-0.2, -0.15) is 5.10 Å². The molecule has 0 radical (unpaired) electrons. The predicted octanol–water partition coefficient (Wildman–Crippen LogP) is 3.68. The van der Waals surface area contributed by atoms with Crippen LogP contribution >= 0.6 is 0 Å². The van der Waals surface area contributed by atoms with Crippen LogP contribution in [0.4, 0.5) is 14.9 Å². The summed E-state index contributed by atoms with van der Waals surface area (Å²) >= 11 is 0. The first-order valence-corrected chi connectivity index (χ1v) is 15.1. The molecule has 1 aromatic heterocycles. The zero-order valence-electron chi connectivity index (χ0n) is 24.6. The fraction of sp³-hybridized carbons (Fsp3) is 0.469. The number of H-pyrrole nitrogens is 1. The van der Waals surface area contributed by atoms with E-state index in [0.29, 0.717) is 41.2 Å². The van der Waals surface area contributed by atoms with Crippen molar-refractivity contribution >= 4 is 34.3 Å². The minimum atomic E-state index is -1.34. The number of rotatable bonds is 6. The highest BCUT2D eigenvalue weighted by molar-refractivity contribution is 6.23. The van der Waals surface area contributed by atoms with Crippen LogP contribution in [-0.4, -0.2) is 87.0 Å². The summed E-state index contributed by atoms with van der Waals surface area (Å²) in [5, 5.41) is 7.84. The van der Waals surface area contributed by atoms with Gasteiger partial charge in [-0.3, -0.25) is 14.4 Å². The molecule has 3 aliphatic rings. The molecule has 226 valence electrons. The third kappa shape index (κ3) is 5.42. The average molecular weight is 589 g/mol. The van der Waals surface area contributed by atoms with E-state index in [1.165, 1.54) is 36.3 Å². The number of carbonyl (C=O) groups is 3. The molecular formula is C32H37FN6O4. The first-order valence-electron chi connectivity index (χ1n) is 15.1. The van der Waals surface area contributed by atoms with Crippen LogP contribution in [0.15, 0.2) is 47.3 Å². The van der Waals surface area contributed by atoms with Gasteiger partial charge in [-0.25, -0.2) is 19.2 Å². The number of imide groups is 1. The molecule has 3 saturated heterocycles. The molecule has 0 unspecified atom stereocenters. The van der Waals surface area contributed by atoms with E-state index in [4.69, 9.17) is 0 Å². The quantitative estimate of drug-likeness (QED) is 0.440. The summed E-state index contributed by atoms with van der Waals surface area (Å²) in [7, 11) is 0. The number of aromatic amines is 1. The number of hydrogen-bond donors (Lipinski definition) is 1. The van der Waals surface area contributed by atoms with Crippen LogP contribution in [0.2, 0.25) is 0 Å². The van der Waals surface area contributed by atoms with E-state index in [2.05, 4.69) is 15.1 Å². The van der Waals surface area contributed by atoms with Crippen molar-refractivity contribution in [3.8, 4) is 0 Å². The fourth-order valence-electron chi connectivity index (χ4n) is 6.65. The summed E-state index contributed by atoms with van der Waals surface area (Å²) in [5.74, 6) is -1.54. The number of benzene rings is 2. The second kappa shape index (κ2) is 11.5. The van der Waals surface area contributed by atoms with Crippen LogP contribution in [0, 0.1) is 5.82 Å². The third-order valence-corrected chi connectivity index (χ3v) is 9.24. The Morgan fingerprint density at radius 2 is 1.67 bits per heavy atom. The van der Waals surface area contributed by atoms with Crippen LogP contribution in [-0.2, 0) is 16.0 Å². The van der Waals surface area contributed by atoms with Gasteiger partial charge in [0.2, 0.25) is 5.91 Å². The number of urea groups is 1. The molecule has 0 aliphatic carbocycles. The monoisotopic (exact) mass is 588 g/mol. The van der Waals surface area contributed by atoms with Crippen LogP contribution in [0.3, 0.4) is 0 Å². The highest BCUT2D eigenvalue weighted by Gasteiger charge is 2.53. The highest BCUT2D eigenvalue weighted by atomic mass is 19.1. The molecule has 11 heteroatoms. The Labute approximate surface area is 249 Å². The van der Waals surface area contributed by atoms with E-state index in [1.807, 2.05) is 0 Å². The van der Waals surface area contributed by atoms with E-state index in [-0.39, 0.29) is 30.1 Å². The maximum Gasteiger partial charge on any atom is 0.332 e. The molecule has 4 amide bonds. The van der Waals surface area contributed by atoms with Gasteiger partial charge in [-0.05, 0) is 76.4 Å². The molecule has 43 heavy (non-hydrogen) atoms. The first kappa shape index (κ1) is 29.0. The second-order valence-electron chi connectivity index (χ2n) is 12.3. The number of halogens is 1. The van der Waals surface area contributed by atoms with Gasteiger partial charge in [0.05, 0.1) is 16.8 Å². The fourth-order valence-corrected chi connectivity index (χ4v) is 6.65. The maximum atomic E-state index is 15.2. The lowest BCUT2D eigenvalue weighted by Crippen LogP contribution is -2.53. The van der Waals surface area contributed by atoms with Gasteiger partial charge in [0.15, 0.2) is 0 Å². The van der Waals surface area contributed by atoms with E-state index in [1.54, 1.807) is 49.1 Å². The van der Waals surface area contributed by atoms with Crippen molar-refractivity contribution in [3.63, 3.8) is 0 Å². The number of nitrogens with one attached hydrogen (secondary N) is 1. The van der Waals surface area contributed by atoms with Crippen molar-refractivity contribution in [2.75, 3.05) is 37.6 Å². The Bertz CT molecular complexity index is 1620. The summed E-state index contributed by atoms with van der Waals surface area (Å²) in [4.78, 5) is 59.2. The van der Waals surface area contributed by atoms with Crippen LogP contribution < -0.4 is 10.5 Å². The van der Waals surface area contributed by atoms with E-state index in [9.17, 15) is 19.2 Å². The molecule has 6 rings (SSSR count). The van der Waals surface area contributed by atoms with Gasteiger partial charge >= 0.3 is 6.03 Å². The Kier molecular flexibility index (Phi) is 7.76. The summed E-state index contributed by atoms with van der Waals surface area (Å²) in [5.41, 5.74) is -0.644. The standard InChI is InChI=1S/C32H37FN6O4/c1-32(2)30(42)39(31(43)38(32)20-28(40)37-16-12-22(13-17-37)36-14-6-3-7-15-36)27-19-21(10-11-25(27)33)18-26-23-8-4-5-9-24(23)29(41)35-34-26/h4-5,8-11,19,22H,3,6-7,12-18,20H2,1-2H3,(H,35,41). The van der Waals surface area contributed by atoms with Crippen molar-refractivity contribution in [2.24, 2.45) is 0 Å². The topological polar surface area (TPSA) is 110 Å². The number of aromatic nitrogens is 2. The molecule has 1 N–H and O–H groups in total. The summed E-state index contributed by atoms with van der Waals surface area (Å²) in [6.07, 6.45) is 5.75. The predicted molar refractivity (Wildman–Crippen MR) is 160 cm³/mol. The molecule has 10 nitrogen and oxygen atoms in total. The molecular weight excluding hydrogens is 551 g/mol. The van der Waals surface area contributed by atoms with E-state index in [0.717, 1.165) is 30.8 Å². The Hall–Kier alpha value is -4.12. The molecule has 2 aromatic carbocycles. The summed E-state index contributed by atoms with van der Waals surface area (Å²) in [6.45, 7) is 6.37. The lowest BCUT2D eigenvalue weighted by atomic mass is 9.99. The molecule has 3 aromatic rings. The van der Waals surface area contributed by atoms with Crippen LogP contribution in [0.25, 0.3) is 10.8 Å². The Morgan fingerprint density at radius 1 is 0.977 bits per heavy atom. The zero-order valence-corrected chi connectivity index (χ0v) is 24.6. The lowest BCUT2D eigenvalue weighted by molar-refractivity contribution is -0.135. The Balaban J connectivity index is 1.18. The number of piperidine rings is 2. The number of likely N-dealkylation sites (tertiary alicyclic amines) is 2. The van der Waals surface area contributed by atoms with Crippen molar-refractivity contribution < 1.29 is 18.8 Å². The van der Waals surface area contributed by atoms with E-state index < -0.39 is 23.3 Å². The number of amides is 4. The summed E-state index contributed by atoms with van der Waals surface area (Å²) in [6, 6.07) is 11.0. The Morgan fingerprint density at radius 3 is 2.40 bits per heavy atom. The zero-order chi connectivity index (χ0) is 30.3. The minimum Gasteiger partial charge on any atom is -0.341 e. The molecule has 0 spiro atoms. The van der Waals surface area contributed by atoms with Crippen LogP contribution in [0.1, 0.15) is 57.2 Å². The average Bonchev–Trinajstić information content (AvgIpc) is 3.19. The van der Waals surface area contributed by atoms with Gasteiger partial charge < -0.3 is 14.7 Å². The minimum absolute atomic E-state index is 0.174. The van der Waals surface area contributed by atoms with Gasteiger partial charge in [-0.15, -0.1) is 0 Å². The molecule has 3 fully saturated rings. The first-order chi connectivity index (χ1) is 20.6. The number of fused-ring (bicyclic) bond motifs is 1. The number of anilines is 1. The van der Waals surface area contributed by atoms with Crippen LogP contribution in [0.5, 0.6) is 0 Å². The third-order valence-electron chi connectivity index (χ3n) is 9.24. The van der Waals surface area contributed by atoms with Crippen molar-refractivity contribution in [1.29, 1.82) is 0 Å².